The number of amides is 2. The predicted octanol–water partition coefficient (Wildman–Crippen LogP) is 2.16. The molecule has 0 aliphatic carbocycles. The summed E-state index contributed by atoms with van der Waals surface area (Å²) >= 11 is 0. The zero-order valence-electron chi connectivity index (χ0n) is 9.33. The lowest BCUT2D eigenvalue weighted by Crippen LogP contribution is -2.15. The molecule has 16 heavy (non-hydrogen) atoms. The van der Waals surface area contributed by atoms with Gasteiger partial charge in [0.2, 0.25) is 5.91 Å². The first-order valence-electron chi connectivity index (χ1n) is 4.84. The molecule has 0 aromatic heterocycles. The largest absolute Gasteiger partial charge is 0.325 e. The minimum atomic E-state index is -0.266. The van der Waals surface area contributed by atoms with Crippen LogP contribution in [-0.2, 0) is 9.59 Å². The van der Waals surface area contributed by atoms with Crippen molar-refractivity contribution in [3.8, 4) is 0 Å². The van der Waals surface area contributed by atoms with Crippen molar-refractivity contribution in [2.45, 2.75) is 13.8 Å². The van der Waals surface area contributed by atoms with E-state index >= 15 is 0 Å². The second kappa shape index (κ2) is 5.11. The maximum absolute atomic E-state index is 11.4. The Morgan fingerprint density at radius 1 is 1.06 bits per heavy atom. The van der Waals surface area contributed by atoms with E-state index in [1.807, 2.05) is 0 Å². The Hall–Kier alpha value is -2.10. The van der Waals surface area contributed by atoms with Crippen molar-refractivity contribution in [1.29, 1.82) is 0 Å². The van der Waals surface area contributed by atoms with Crippen molar-refractivity contribution >= 4 is 23.2 Å². The predicted molar refractivity (Wildman–Crippen MR) is 64.2 cm³/mol. The third-order valence-corrected chi connectivity index (χ3v) is 1.87. The Kier molecular flexibility index (Phi) is 3.83. The van der Waals surface area contributed by atoms with Gasteiger partial charge in [-0.2, -0.15) is 0 Å². The number of hydrogen-bond donors (Lipinski definition) is 2. The summed E-state index contributed by atoms with van der Waals surface area (Å²) in [5.41, 5.74) is 1.55. The summed E-state index contributed by atoms with van der Waals surface area (Å²) in [7, 11) is 0. The van der Waals surface area contributed by atoms with Crippen LogP contribution in [0.2, 0.25) is 0 Å². The summed E-state index contributed by atoms with van der Waals surface area (Å²) in [5.74, 6) is -0.449. The Balaban J connectivity index is 2.90. The fourth-order valence-corrected chi connectivity index (χ4v) is 1.12. The van der Waals surface area contributed by atoms with Crippen LogP contribution in [-0.4, -0.2) is 11.8 Å². The molecule has 0 fully saturated rings. The SMILES string of the molecule is C=C(C)C(=O)Nc1ccccc1NC(C)=O. The lowest BCUT2D eigenvalue weighted by atomic mass is 10.2. The summed E-state index contributed by atoms with van der Waals surface area (Å²) in [6.07, 6.45) is 0. The van der Waals surface area contributed by atoms with Crippen LogP contribution in [0.4, 0.5) is 11.4 Å². The highest BCUT2D eigenvalue weighted by Crippen LogP contribution is 2.21. The highest BCUT2D eigenvalue weighted by atomic mass is 16.2. The normalized spacial score (nSPS) is 9.38. The molecular formula is C12H14N2O2. The van der Waals surface area contributed by atoms with E-state index in [-0.39, 0.29) is 11.8 Å². The molecular weight excluding hydrogens is 204 g/mol. The molecule has 2 N–H and O–H groups in total. The molecule has 1 rings (SSSR count). The van der Waals surface area contributed by atoms with Crippen molar-refractivity contribution in [3.05, 3.63) is 36.4 Å². The zero-order chi connectivity index (χ0) is 12.1. The number of nitrogens with one attached hydrogen (secondary N) is 2. The van der Waals surface area contributed by atoms with Gasteiger partial charge in [-0.25, -0.2) is 0 Å². The first-order valence-corrected chi connectivity index (χ1v) is 4.84. The molecule has 84 valence electrons. The molecule has 0 spiro atoms. The van der Waals surface area contributed by atoms with E-state index in [1.54, 1.807) is 31.2 Å². The maximum atomic E-state index is 11.4. The van der Waals surface area contributed by atoms with E-state index in [1.165, 1.54) is 6.92 Å². The molecule has 0 saturated carbocycles. The molecule has 2 amide bonds. The lowest BCUT2D eigenvalue weighted by Gasteiger charge is -2.10. The van der Waals surface area contributed by atoms with Crippen LogP contribution in [0.25, 0.3) is 0 Å². The molecule has 4 heteroatoms. The van der Waals surface area contributed by atoms with Crippen LogP contribution < -0.4 is 10.6 Å². The van der Waals surface area contributed by atoms with Crippen molar-refractivity contribution in [3.63, 3.8) is 0 Å². The Morgan fingerprint density at radius 3 is 2.00 bits per heavy atom. The topological polar surface area (TPSA) is 58.2 Å². The van der Waals surface area contributed by atoms with Gasteiger partial charge in [0.1, 0.15) is 0 Å². The van der Waals surface area contributed by atoms with Crippen LogP contribution >= 0.6 is 0 Å². The molecule has 0 atom stereocenters. The fourth-order valence-electron chi connectivity index (χ4n) is 1.12. The highest BCUT2D eigenvalue weighted by molar-refractivity contribution is 6.05. The Bertz CT molecular complexity index is 438. The van der Waals surface area contributed by atoms with Gasteiger partial charge in [-0.3, -0.25) is 9.59 Å². The van der Waals surface area contributed by atoms with Crippen LogP contribution in [0.5, 0.6) is 0 Å². The van der Waals surface area contributed by atoms with E-state index < -0.39 is 0 Å². The molecule has 1 aromatic carbocycles. The zero-order valence-corrected chi connectivity index (χ0v) is 9.33. The average molecular weight is 218 g/mol. The number of para-hydroxylation sites is 2. The Morgan fingerprint density at radius 2 is 1.56 bits per heavy atom. The molecule has 0 heterocycles. The van der Waals surface area contributed by atoms with Crippen LogP contribution in [0.15, 0.2) is 36.4 Å². The smallest absolute Gasteiger partial charge is 0.250 e. The van der Waals surface area contributed by atoms with E-state index in [9.17, 15) is 9.59 Å². The summed E-state index contributed by atoms with van der Waals surface area (Å²) < 4.78 is 0. The number of carbonyl (C=O) groups is 2. The van der Waals surface area contributed by atoms with Gasteiger partial charge in [-0.1, -0.05) is 18.7 Å². The summed E-state index contributed by atoms with van der Waals surface area (Å²) in [6.45, 7) is 6.58. The lowest BCUT2D eigenvalue weighted by molar-refractivity contribution is -0.114. The van der Waals surface area contributed by atoms with E-state index in [0.29, 0.717) is 16.9 Å². The van der Waals surface area contributed by atoms with Gasteiger partial charge in [-0.15, -0.1) is 0 Å². The van der Waals surface area contributed by atoms with Crippen LogP contribution in [0.1, 0.15) is 13.8 Å². The summed E-state index contributed by atoms with van der Waals surface area (Å²) in [4.78, 5) is 22.4. The van der Waals surface area contributed by atoms with Gasteiger partial charge in [0.15, 0.2) is 0 Å². The van der Waals surface area contributed by atoms with Gasteiger partial charge in [0, 0.05) is 12.5 Å². The fraction of sp³-hybridized carbons (Fsp3) is 0.167. The molecule has 0 aliphatic rings. The standard InChI is InChI=1S/C12H14N2O2/c1-8(2)12(16)14-11-7-5-4-6-10(11)13-9(3)15/h4-7H,1H2,2-3H3,(H,13,15)(H,14,16). The summed E-state index contributed by atoms with van der Waals surface area (Å²) in [5, 5.41) is 5.30. The maximum Gasteiger partial charge on any atom is 0.250 e. The van der Waals surface area contributed by atoms with Gasteiger partial charge in [0.05, 0.1) is 11.4 Å². The number of anilines is 2. The number of hydrogen-bond acceptors (Lipinski definition) is 2. The van der Waals surface area contributed by atoms with Crippen molar-refractivity contribution in [1.82, 2.24) is 0 Å². The number of benzene rings is 1. The van der Waals surface area contributed by atoms with Gasteiger partial charge in [0.25, 0.3) is 5.91 Å². The minimum absolute atomic E-state index is 0.183. The van der Waals surface area contributed by atoms with E-state index in [2.05, 4.69) is 17.2 Å². The molecule has 0 bridgehead atoms. The monoisotopic (exact) mass is 218 g/mol. The second-order valence-corrected chi connectivity index (χ2v) is 3.46. The van der Waals surface area contributed by atoms with Crippen molar-refractivity contribution in [2.24, 2.45) is 0 Å². The third-order valence-electron chi connectivity index (χ3n) is 1.87. The number of rotatable bonds is 3. The van der Waals surface area contributed by atoms with E-state index in [0.717, 1.165) is 0 Å². The molecule has 0 aliphatic heterocycles. The van der Waals surface area contributed by atoms with Crippen LogP contribution in [0, 0.1) is 0 Å². The van der Waals surface area contributed by atoms with E-state index in [4.69, 9.17) is 0 Å². The van der Waals surface area contributed by atoms with Gasteiger partial charge >= 0.3 is 0 Å². The minimum Gasteiger partial charge on any atom is -0.325 e. The highest BCUT2D eigenvalue weighted by Gasteiger charge is 2.07. The van der Waals surface area contributed by atoms with Crippen molar-refractivity contribution in [2.75, 3.05) is 10.6 Å². The average Bonchev–Trinajstić information content (AvgIpc) is 2.20. The van der Waals surface area contributed by atoms with Crippen LogP contribution in [0.3, 0.4) is 0 Å². The quantitative estimate of drug-likeness (QED) is 0.764. The second-order valence-electron chi connectivity index (χ2n) is 3.46. The van der Waals surface area contributed by atoms with Gasteiger partial charge in [-0.05, 0) is 19.1 Å². The first kappa shape index (κ1) is 12.0. The first-order chi connectivity index (χ1) is 7.50. The molecule has 4 nitrogen and oxygen atoms in total. The van der Waals surface area contributed by atoms with Crippen molar-refractivity contribution < 1.29 is 9.59 Å². The molecule has 1 aromatic rings. The summed E-state index contributed by atoms with van der Waals surface area (Å²) in [6, 6.07) is 6.99. The molecule has 0 saturated heterocycles. The molecule has 0 unspecified atom stereocenters. The Labute approximate surface area is 94.4 Å². The van der Waals surface area contributed by atoms with Gasteiger partial charge < -0.3 is 10.6 Å². The third kappa shape index (κ3) is 3.24. The molecule has 0 radical (unpaired) electrons. The number of carbonyl (C=O) groups excluding carboxylic acids is 2.